The predicted octanol–water partition coefficient (Wildman–Crippen LogP) is 3.46. The Morgan fingerprint density at radius 2 is 2.23 bits per heavy atom. The minimum absolute atomic E-state index is 0.0229. The number of benzene rings is 1. The lowest BCUT2D eigenvalue weighted by Gasteiger charge is -2.08. The summed E-state index contributed by atoms with van der Waals surface area (Å²) >= 11 is 8.72. The molecule has 1 unspecified atom stereocenters. The molecule has 13 heavy (non-hydrogen) atoms. The zero-order valence-electron chi connectivity index (χ0n) is 6.60. The molecule has 1 N–H and O–H groups in total. The van der Waals surface area contributed by atoms with Gasteiger partial charge in [-0.05, 0) is 12.1 Å². The van der Waals surface area contributed by atoms with Crippen LogP contribution in [0.4, 0.5) is 4.39 Å². The standard InChI is InChI=1S/C9H7BrClFO/c1-2-8(13)6-3-5(10)4-7(11)9(6)12/h2-4,8,13H,1H2. The van der Waals surface area contributed by atoms with Gasteiger partial charge < -0.3 is 5.11 Å². The first-order chi connectivity index (χ1) is 6.06. The molecule has 4 heteroatoms. The number of rotatable bonds is 2. The van der Waals surface area contributed by atoms with Crippen molar-refractivity contribution in [3.05, 3.63) is 45.7 Å². The van der Waals surface area contributed by atoms with E-state index in [9.17, 15) is 9.50 Å². The lowest BCUT2D eigenvalue weighted by atomic mass is 10.1. The van der Waals surface area contributed by atoms with E-state index in [2.05, 4.69) is 22.5 Å². The van der Waals surface area contributed by atoms with E-state index in [0.29, 0.717) is 4.47 Å². The summed E-state index contributed by atoms with van der Waals surface area (Å²) in [6.07, 6.45) is 0.205. The van der Waals surface area contributed by atoms with E-state index < -0.39 is 11.9 Å². The molecule has 0 amide bonds. The highest BCUT2D eigenvalue weighted by molar-refractivity contribution is 9.10. The van der Waals surface area contributed by atoms with Crippen molar-refractivity contribution in [3.63, 3.8) is 0 Å². The molecule has 0 aliphatic carbocycles. The van der Waals surface area contributed by atoms with Gasteiger partial charge in [-0.1, -0.05) is 33.6 Å². The SMILES string of the molecule is C=CC(O)c1cc(Br)cc(Cl)c1F. The Labute approximate surface area is 89.0 Å². The van der Waals surface area contributed by atoms with E-state index in [4.69, 9.17) is 11.6 Å². The van der Waals surface area contributed by atoms with Crippen molar-refractivity contribution in [2.45, 2.75) is 6.10 Å². The minimum atomic E-state index is -1.03. The van der Waals surface area contributed by atoms with Crippen LogP contribution < -0.4 is 0 Å². The van der Waals surface area contributed by atoms with E-state index in [0.717, 1.165) is 0 Å². The van der Waals surface area contributed by atoms with Crippen LogP contribution >= 0.6 is 27.5 Å². The molecule has 0 bridgehead atoms. The van der Waals surface area contributed by atoms with E-state index >= 15 is 0 Å². The molecule has 0 aliphatic rings. The van der Waals surface area contributed by atoms with Gasteiger partial charge in [0.15, 0.2) is 0 Å². The Kier molecular flexibility index (Phi) is 3.47. The highest BCUT2D eigenvalue weighted by atomic mass is 79.9. The molecule has 0 heterocycles. The van der Waals surface area contributed by atoms with Gasteiger partial charge >= 0.3 is 0 Å². The summed E-state index contributed by atoms with van der Waals surface area (Å²) in [5.41, 5.74) is 0.120. The van der Waals surface area contributed by atoms with Crippen molar-refractivity contribution in [3.8, 4) is 0 Å². The summed E-state index contributed by atoms with van der Waals surface area (Å²) in [6, 6.07) is 2.89. The van der Waals surface area contributed by atoms with Gasteiger partial charge in [0, 0.05) is 10.0 Å². The fraction of sp³-hybridized carbons (Fsp3) is 0.111. The van der Waals surface area contributed by atoms with Gasteiger partial charge in [0.25, 0.3) is 0 Å². The topological polar surface area (TPSA) is 20.2 Å². The van der Waals surface area contributed by atoms with Crippen LogP contribution in [-0.2, 0) is 0 Å². The largest absolute Gasteiger partial charge is 0.384 e. The van der Waals surface area contributed by atoms with Crippen molar-refractivity contribution in [2.75, 3.05) is 0 Å². The molecule has 1 rings (SSSR count). The van der Waals surface area contributed by atoms with Gasteiger partial charge in [-0.3, -0.25) is 0 Å². The van der Waals surface area contributed by atoms with Gasteiger partial charge in [0.1, 0.15) is 5.82 Å². The Hall–Kier alpha value is -0.380. The third-order valence-corrected chi connectivity index (χ3v) is 2.30. The molecule has 0 saturated heterocycles. The fourth-order valence-corrected chi connectivity index (χ4v) is 1.75. The third kappa shape index (κ3) is 2.30. The van der Waals surface area contributed by atoms with Crippen LogP contribution in [0.25, 0.3) is 0 Å². The summed E-state index contributed by atoms with van der Waals surface area (Å²) < 4.78 is 13.9. The van der Waals surface area contributed by atoms with Crippen molar-refractivity contribution in [2.24, 2.45) is 0 Å². The Morgan fingerprint density at radius 3 is 2.77 bits per heavy atom. The van der Waals surface area contributed by atoms with Gasteiger partial charge in [0.05, 0.1) is 11.1 Å². The van der Waals surface area contributed by atoms with Crippen LogP contribution in [0.1, 0.15) is 11.7 Å². The number of halogens is 3. The maximum atomic E-state index is 13.3. The molecular weight excluding hydrogens is 258 g/mol. The summed E-state index contributed by atoms with van der Waals surface area (Å²) in [4.78, 5) is 0. The van der Waals surface area contributed by atoms with Crippen LogP contribution in [-0.4, -0.2) is 5.11 Å². The first-order valence-corrected chi connectivity index (χ1v) is 4.68. The van der Waals surface area contributed by atoms with E-state index in [1.54, 1.807) is 0 Å². The van der Waals surface area contributed by atoms with E-state index in [1.807, 2.05) is 0 Å². The van der Waals surface area contributed by atoms with Gasteiger partial charge in [-0.15, -0.1) is 6.58 Å². The lowest BCUT2D eigenvalue weighted by Crippen LogP contribution is -1.97. The van der Waals surface area contributed by atoms with Gasteiger partial charge in [-0.2, -0.15) is 0 Å². The monoisotopic (exact) mass is 264 g/mol. The summed E-state index contributed by atoms with van der Waals surface area (Å²) in [5.74, 6) is -0.614. The zero-order valence-corrected chi connectivity index (χ0v) is 8.94. The van der Waals surface area contributed by atoms with Crippen LogP contribution in [0.5, 0.6) is 0 Å². The molecule has 1 atom stereocenters. The number of hydrogen-bond donors (Lipinski definition) is 1. The molecule has 1 aromatic carbocycles. The number of aliphatic hydroxyl groups excluding tert-OH is 1. The Morgan fingerprint density at radius 1 is 1.62 bits per heavy atom. The van der Waals surface area contributed by atoms with Crippen molar-refractivity contribution in [1.29, 1.82) is 0 Å². The molecule has 0 aromatic heterocycles. The van der Waals surface area contributed by atoms with Crippen molar-refractivity contribution in [1.82, 2.24) is 0 Å². The predicted molar refractivity (Wildman–Crippen MR) is 54.3 cm³/mol. The van der Waals surface area contributed by atoms with E-state index in [1.165, 1.54) is 18.2 Å². The Bertz CT molecular complexity index is 341. The molecule has 0 aliphatic heterocycles. The second-order valence-electron chi connectivity index (χ2n) is 2.47. The van der Waals surface area contributed by atoms with Crippen molar-refractivity contribution < 1.29 is 9.50 Å². The summed E-state index contributed by atoms with van der Waals surface area (Å²) in [6.45, 7) is 3.36. The molecule has 1 nitrogen and oxygen atoms in total. The maximum absolute atomic E-state index is 13.3. The van der Waals surface area contributed by atoms with Crippen LogP contribution in [0.2, 0.25) is 5.02 Å². The molecule has 1 aromatic rings. The highest BCUT2D eigenvalue weighted by Crippen LogP contribution is 2.28. The number of hydrogen-bond acceptors (Lipinski definition) is 1. The second kappa shape index (κ2) is 4.22. The molecule has 0 fully saturated rings. The van der Waals surface area contributed by atoms with E-state index in [-0.39, 0.29) is 10.6 Å². The smallest absolute Gasteiger partial charge is 0.147 e. The second-order valence-corrected chi connectivity index (χ2v) is 3.79. The third-order valence-electron chi connectivity index (χ3n) is 1.56. The Balaban J connectivity index is 3.27. The molecule has 70 valence electrons. The number of aliphatic hydroxyl groups is 1. The van der Waals surface area contributed by atoms with Crippen LogP contribution in [0, 0.1) is 5.82 Å². The summed E-state index contributed by atoms with van der Waals surface area (Å²) in [7, 11) is 0. The van der Waals surface area contributed by atoms with Crippen LogP contribution in [0.15, 0.2) is 29.3 Å². The molecule has 0 radical (unpaired) electrons. The van der Waals surface area contributed by atoms with Crippen LogP contribution in [0.3, 0.4) is 0 Å². The summed E-state index contributed by atoms with van der Waals surface area (Å²) in [5, 5.41) is 9.30. The van der Waals surface area contributed by atoms with Gasteiger partial charge in [0.2, 0.25) is 0 Å². The molecule has 0 spiro atoms. The zero-order chi connectivity index (χ0) is 10.0. The quantitative estimate of drug-likeness (QED) is 0.641. The first-order valence-electron chi connectivity index (χ1n) is 3.51. The molecular formula is C9H7BrClFO. The minimum Gasteiger partial charge on any atom is -0.384 e. The first kappa shape index (κ1) is 10.7. The fourth-order valence-electron chi connectivity index (χ4n) is 0.918. The highest BCUT2D eigenvalue weighted by Gasteiger charge is 2.13. The average molecular weight is 266 g/mol. The van der Waals surface area contributed by atoms with Crippen molar-refractivity contribution >= 4 is 27.5 Å². The normalized spacial score (nSPS) is 12.6. The molecule has 0 saturated carbocycles. The lowest BCUT2D eigenvalue weighted by molar-refractivity contribution is 0.223. The van der Waals surface area contributed by atoms with Gasteiger partial charge in [-0.25, -0.2) is 4.39 Å². The maximum Gasteiger partial charge on any atom is 0.147 e. The average Bonchev–Trinajstić information content (AvgIpc) is 2.10.